The molecule has 16 heavy (non-hydrogen) atoms. The van der Waals surface area contributed by atoms with E-state index in [9.17, 15) is 4.39 Å². The van der Waals surface area contributed by atoms with E-state index in [4.69, 9.17) is 4.74 Å². The van der Waals surface area contributed by atoms with Gasteiger partial charge in [0.2, 0.25) is 0 Å². The molecule has 4 heteroatoms. The molecule has 0 aromatic heterocycles. The Kier molecular flexibility index (Phi) is 3.22. The minimum Gasteiger partial charge on any atom is -0.384 e. The molecule has 0 aliphatic carbocycles. The van der Waals surface area contributed by atoms with Crippen LogP contribution in [0.25, 0.3) is 0 Å². The Balaban J connectivity index is 2.06. The molecule has 0 saturated carbocycles. The topological polar surface area (TPSA) is 21.3 Å². The van der Waals surface area contributed by atoms with Crippen LogP contribution < -0.4 is 5.32 Å². The lowest BCUT2D eigenvalue weighted by Gasteiger charge is -2.38. The molecule has 1 fully saturated rings. The van der Waals surface area contributed by atoms with Gasteiger partial charge in [-0.1, -0.05) is 6.92 Å². The molecule has 1 saturated heterocycles. The standard InChI is InChI=1S/C12H15BrFNO/c1-8-3-9(13)10(14)4-11(8)15-5-12(2)6-16-7-12/h3-4,15H,5-7H2,1-2H3. The molecule has 2 nitrogen and oxygen atoms in total. The molecule has 2 rings (SSSR count). The van der Waals surface area contributed by atoms with E-state index < -0.39 is 0 Å². The molecular formula is C12H15BrFNO. The van der Waals surface area contributed by atoms with Gasteiger partial charge in [-0.25, -0.2) is 4.39 Å². The second-order valence-corrected chi connectivity index (χ2v) is 5.59. The van der Waals surface area contributed by atoms with E-state index >= 15 is 0 Å². The van der Waals surface area contributed by atoms with Crippen LogP contribution in [0.4, 0.5) is 10.1 Å². The molecule has 0 amide bonds. The van der Waals surface area contributed by atoms with Gasteiger partial charge in [0.1, 0.15) is 5.82 Å². The summed E-state index contributed by atoms with van der Waals surface area (Å²) >= 11 is 3.17. The molecule has 1 aromatic rings. The number of aryl methyl sites for hydroxylation is 1. The van der Waals surface area contributed by atoms with Gasteiger partial charge in [0.25, 0.3) is 0 Å². The van der Waals surface area contributed by atoms with Crippen LogP contribution in [0.2, 0.25) is 0 Å². The molecule has 1 N–H and O–H groups in total. The van der Waals surface area contributed by atoms with Crippen molar-refractivity contribution in [2.75, 3.05) is 25.1 Å². The average Bonchev–Trinajstić information content (AvgIpc) is 2.19. The molecule has 0 spiro atoms. The number of anilines is 1. The van der Waals surface area contributed by atoms with Crippen LogP contribution in [0, 0.1) is 18.2 Å². The van der Waals surface area contributed by atoms with E-state index in [1.54, 1.807) is 6.07 Å². The molecule has 1 aliphatic heterocycles. The molecule has 0 atom stereocenters. The van der Waals surface area contributed by atoms with Crippen molar-refractivity contribution in [2.24, 2.45) is 5.41 Å². The minimum absolute atomic E-state index is 0.190. The first-order valence-corrected chi connectivity index (χ1v) is 6.07. The Bertz CT molecular complexity index is 404. The highest BCUT2D eigenvalue weighted by molar-refractivity contribution is 9.10. The number of halogens is 2. The van der Waals surface area contributed by atoms with Crippen LogP contribution in [0.1, 0.15) is 12.5 Å². The van der Waals surface area contributed by atoms with Gasteiger partial charge >= 0.3 is 0 Å². The Hall–Kier alpha value is -0.610. The van der Waals surface area contributed by atoms with Crippen molar-refractivity contribution in [3.05, 3.63) is 28.0 Å². The third-order valence-corrected chi connectivity index (χ3v) is 3.48. The summed E-state index contributed by atoms with van der Waals surface area (Å²) in [5.41, 5.74) is 2.08. The fourth-order valence-corrected chi connectivity index (χ4v) is 2.16. The van der Waals surface area contributed by atoms with Gasteiger partial charge in [0.05, 0.1) is 17.7 Å². The van der Waals surface area contributed by atoms with Gasteiger partial charge in [-0.15, -0.1) is 0 Å². The number of nitrogens with one attached hydrogen (secondary N) is 1. The molecule has 1 aromatic carbocycles. The van der Waals surface area contributed by atoms with Gasteiger partial charge < -0.3 is 10.1 Å². The zero-order chi connectivity index (χ0) is 11.8. The van der Waals surface area contributed by atoms with Crippen LogP contribution >= 0.6 is 15.9 Å². The van der Waals surface area contributed by atoms with Crippen LogP contribution in [0.5, 0.6) is 0 Å². The predicted octanol–water partition coefficient (Wildman–Crippen LogP) is 3.35. The maximum Gasteiger partial charge on any atom is 0.139 e. The summed E-state index contributed by atoms with van der Waals surface area (Å²) < 4.78 is 19.0. The lowest BCUT2D eigenvalue weighted by molar-refractivity contribution is -0.0924. The van der Waals surface area contributed by atoms with Gasteiger partial charge in [0, 0.05) is 17.6 Å². The molecule has 0 unspecified atom stereocenters. The summed E-state index contributed by atoms with van der Waals surface area (Å²) in [6, 6.07) is 3.32. The Morgan fingerprint density at radius 3 is 2.75 bits per heavy atom. The van der Waals surface area contributed by atoms with Crippen molar-refractivity contribution < 1.29 is 9.13 Å². The molecule has 88 valence electrons. The maximum absolute atomic E-state index is 13.4. The van der Waals surface area contributed by atoms with Crippen LogP contribution in [0.15, 0.2) is 16.6 Å². The number of hydrogen-bond donors (Lipinski definition) is 1. The highest BCUT2D eigenvalue weighted by Crippen LogP contribution is 2.29. The van der Waals surface area contributed by atoms with Gasteiger partial charge in [0.15, 0.2) is 0 Å². The highest BCUT2D eigenvalue weighted by Gasteiger charge is 2.33. The molecule has 1 heterocycles. The van der Waals surface area contributed by atoms with E-state index in [1.807, 2.05) is 6.92 Å². The zero-order valence-corrected chi connectivity index (χ0v) is 11.0. The number of hydrogen-bond acceptors (Lipinski definition) is 2. The Morgan fingerprint density at radius 1 is 1.50 bits per heavy atom. The van der Waals surface area contributed by atoms with Crippen molar-refractivity contribution in [3.8, 4) is 0 Å². The van der Waals surface area contributed by atoms with Crippen LogP contribution in [-0.2, 0) is 4.74 Å². The largest absolute Gasteiger partial charge is 0.384 e. The van der Waals surface area contributed by atoms with Crippen LogP contribution in [0.3, 0.4) is 0 Å². The van der Waals surface area contributed by atoms with E-state index in [-0.39, 0.29) is 11.2 Å². The lowest BCUT2D eigenvalue weighted by atomic mass is 9.88. The van der Waals surface area contributed by atoms with E-state index in [2.05, 4.69) is 28.2 Å². The Morgan fingerprint density at radius 2 is 2.19 bits per heavy atom. The second-order valence-electron chi connectivity index (χ2n) is 4.74. The van der Waals surface area contributed by atoms with Gasteiger partial charge in [-0.05, 0) is 40.5 Å². The third kappa shape index (κ3) is 2.38. The molecule has 1 aliphatic rings. The highest BCUT2D eigenvalue weighted by atomic mass is 79.9. The summed E-state index contributed by atoms with van der Waals surface area (Å²) in [6.45, 7) is 6.49. The number of ether oxygens (including phenoxy) is 1. The van der Waals surface area contributed by atoms with Crippen LogP contribution in [-0.4, -0.2) is 19.8 Å². The first kappa shape index (κ1) is 11.9. The number of rotatable bonds is 3. The van der Waals surface area contributed by atoms with Gasteiger partial charge in [-0.2, -0.15) is 0 Å². The predicted molar refractivity (Wildman–Crippen MR) is 66.3 cm³/mol. The molecule has 0 radical (unpaired) electrons. The average molecular weight is 288 g/mol. The smallest absolute Gasteiger partial charge is 0.139 e. The molecule has 0 bridgehead atoms. The SMILES string of the molecule is Cc1cc(Br)c(F)cc1NCC1(C)COC1. The molecular weight excluding hydrogens is 273 g/mol. The number of benzene rings is 1. The summed E-state index contributed by atoms with van der Waals surface area (Å²) in [4.78, 5) is 0. The summed E-state index contributed by atoms with van der Waals surface area (Å²) in [5, 5.41) is 3.28. The Labute approximate surface area is 103 Å². The monoisotopic (exact) mass is 287 g/mol. The summed E-state index contributed by atoms with van der Waals surface area (Å²) in [5.74, 6) is -0.233. The first-order valence-electron chi connectivity index (χ1n) is 5.27. The van der Waals surface area contributed by atoms with Crippen molar-refractivity contribution in [1.82, 2.24) is 0 Å². The normalized spacial score (nSPS) is 18.0. The van der Waals surface area contributed by atoms with E-state index in [0.29, 0.717) is 4.47 Å². The van der Waals surface area contributed by atoms with E-state index in [0.717, 1.165) is 31.0 Å². The van der Waals surface area contributed by atoms with Crippen molar-refractivity contribution >= 4 is 21.6 Å². The maximum atomic E-state index is 13.4. The summed E-state index contributed by atoms with van der Waals surface area (Å²) in [7, 11) is 0. The van der Waals surface area contributed by atoms with Gasteiger partial charge in [-0.3, -0.25) is 0 Å². The van der Waals surface area contributed by atoms with Crippen molar-refractivity contribution in [1.29, 1.82) is 0 Å². The van der Waals surface area contributed by atoms with Crippen molar-refractivity contribution in [3.63, 3.8) is 0 Å². The quantitative estimate of drug-likeness (QED) is 0.921. The third-order valence-electron chi connectivity index (χ3n) is 2.87. The zero-order valence-electron chi connectivity index (χ0n) is 9.44. The second kappa shape index (κ2) is 4.34. The summed E-state index contributed by atoms with van der Waals surface area (Å²) in [6.07, 6.45) is 0. The first-order chi connectivity index (χ1) is 7.50. The fraction of sp³-hybridized carbons (Fsp3) is 0.500. The van der Waals surface area contributed by atoms with Crippen molar-refractivity contribution in [2.45, 2.75) is 13.8 Å². The van der Waals surface area contributed by atoms with E-state index in [1.165, 1.54) is 6.07 Å². The lowest BCUT2D eigenvalue weighted by Crippen LogP contribution is -2.45. The minimum atomic E-state index is -0.233. The fourth-order valence-electron chi connectivity index (χ4n) is 1.70.